The lowest BCUT2D eigenvalue weighted by atomic mass is 9.98. The van der Waals surface area contributed by atoms with Crippen LogP contribution in [0.3, 0.4) is 0 Å². The summed E-state index contributed by atoms with van der Waals surface area (Å²) in [6, 6.07) is 10.0. The van der Waals surface area contributed by atoms with Gasteiger partial charge in [0.1, 0.15) is 0 Å². The third-order valence-corrected chi connectivity index (χ3v) is 4.07. The quantitative estimate of drug-likeness (QED) is 0.803. The lowest BCUT2D eigenvalue weighted by molar-refractivity contribution is 0.0990. The molecule has 20 heavy (non-hydrogen) atoms. The first-order valence-electron chi connectivity index (χ1n) is 7.95. The fourth-order valence-corrected chi connectivity index (χ4v) is 3.04. The van der Waals surface area contributed by atoms with Crippen molar-refractivity contribution in [1.82, 2.24) is 10.2 Å². The van der Waals surface area contributed by atoms with Crippen LogP contribution in [0.1, 0.15) is 37.9 Å². The summed E-state index contributed by atoms with van der Waals surface area (Å²) in [6.07, 6.45) is 3.36. The molecule has 3 heteroatoms. The van der Waals surface area contributed by atoms with Crippen LogP contribution in [-0.4, -0.2) is 42.7 Å². The van der Waals surface area contributed by atoms with Gasteiger partial charge in [0.05, 0.1) is 6.10 Å². The number of aliphatic hydroxyl groups excluding tert-OH is 1. The van der Waals surface area contributed by atoms with Gasteiger partial charge in [-0.05, 0) is 50.4 Å². The summed E-state index contributed by atoms with van der Waals surface area (Å²) in [5.74, 6) is 0.735. The average Bonchev–Trinajstić information content (AvgIpc) is 2.49. The molecular formula is C17H28N2O. The third kappa shape index (κ3) is 4.89. The number of benzene rings is 1. The third-order valence-electron chi connectivity index (χ3n) is 4.07. The van der Waals surface area contributed by atoms with Crippen LogP contribution in [-0.2, 0) is 0 Å². The Kier molecular flexibility index (Phi) is 6.51. The smallest absolute Gasteiger partial charge is 0.0916 e. The highest BCUT2D eigenvalue weighted by Crippen LogP contribution is 2.17. The Bertz CT molecular complexity index is 363. The molecule has 1 heterocycles. The van der Waals surface area contributed by atoms with Crippen LogP contribution in [0.15, 0.2) is 30.3 Å². The van der Waals surface area contributed by atoms with Gasteiger partial charge in [0.2, 0.25) is 0 Å². The van der Waals surface area contributed by atoms with E-state index in [1.165, 1.54) is 12.8 Å². The van der Waals surface area contributed by atoms with E-state index in [2.05, 4.69) is 17.1 Å². The van der Waals surface area contributed by atoms with Crippen molar-refractivity contribution in [2.24, 2.45) is 5.92 Å². The Hall–Kier alpha value is -0.900. The maximum Gasteiger partial charge on any atom is 0.0916 e. The molecule has 2 N–H and O–H groups in total. The zero-order chi connectivity index (χ0) is 14.2. The molecule has 0 radical (unpaired) electrons. The standard InChI is InChI=1S/C17H28N2O/c1-2-11-19(13-15-7-6-10-18-12-15)14-17(20)16-8-4-3-5-9-16/h3-5,8-9,15,17-18,20H,2,6-7,10-14H2,1H3. The SMILES string of the molecule is CCCN(CC1CCCNC1)CC(O)c1ccccc1. The van der Waals surface area contributed by atoms with E-state index in [4.69, 9.17) is 0 Å². The van der Waals surface area contributed by atoms with E-state index in [1.807, 2.05) is 30.3 Å². The predicted molar refractivity (Wildman–Crippen MR) is 83.7 cm³/mol. The predicted octanol–water partition coefficient (Wildman–Crippen LogP) is 2.43. The topological polar surface area (TPSA) is 35.5 Å². The Morgan fingerprint density at radius 3 is 2.80 bits per heavy atom. The van der Waals surface area contributed by atoms with Gasteiger partial charge in [-0.2, -0.15) is 0 Å². The summed E-state index contributed by atoms with van der Waals surface area (Å²) in [4.78, 5) is 2.43. The van der Waals surface area contributed by atoms with Gasteiger partial charge >= 0.3 is 0 Å². The zero-order valence-corrected chi connectivity index (χ0v) is 12.6. The Morgan fingerprint density at radius 2 is 2.15 bits per heavy atom. The minimum atomic E-state index is -0.376. The van der Waals surface area contributed by atoms with E-state index in [0.717, 1.165) is 50.6 Å². The Labute approximate surface area is 123 Å². The summed E-state index contributed by atoms with van der Waals surface area (Å²) < 4.78 is 0. The molecule has 1 saturated heterocycles. The molecule has 1 aromatic carbocycles. The lowest BCUT2D eigenvalue weighted by Gasteiger charge is -2.31. The van der Waals surface area contributed by atoms with Gasteiger partial charge in [-0.3, -0.25) is 0 Å². The maximum atomic E-state index is 10.4. The first kappa shape index (κ1) is 15.5. The van der Waals surface area contributed by atoms with E-state index in [1.54, 1.807) is 0 Å². The number of aliphatic hydroxyl groups is 1. The second kappa shape index (κ2) is 8.40. The first-order chi connectivity index (χ1) is 9.79. The Morgan fingerprint density at radius 1 is 1.35 bits per heavy atom. The molecule has 0 aromatic heterocycles. The fourth-order valence-electron chi connectivity index (χ4n) is 3.04. The minimum Gasteiger partial charge on any atom is -0.387 e. The molecule has 1 aromatic rings. The molecule has 112 valence electrons. The summed E-state index contributed by atoms with van der Waals surface area (Å²) in [5.41, 5.74) is 1.02. The van der Waals surface area contributed by atoms with Crippen molar-refractivity contribution >= 4 is 0 Å². The average molecular weight is 276 g/mol. The van der Waals surface area contributed by atoms with Crippen molar-refractivity contribution in [2.75, 3.05) is 32.7 Å². The van der Waals surface area contributed by atoms with Gasteiger partial charge in [-0.15, -0.1) is 0 Å². The van der Waals surface area contributed by atoms with Gasteiger partial charge in [0.25, 0.3) is 0 Å². The summed E-state index contributed by atoms with van der Waals surface area (Å²) in [7, 11) is 0. The van der Waals surface area contributed by atoms with Crippen molar-refractivity contribution in [3.63, 3.8) is 0 Å². The molecule has 1 aliphatic heterocycles. The second-order valence-corrected chi connectivity index (χ2v) is 5.90. The Balaban J connectivity index is 1.87. The van der Waals surface area contributed by atoms with Crippen LogP contribution in [0.2, 0.25) is 0 Å². The molecule has 0 spiro atoms. The van der Waals surface area contributed by atoms with Gasteiger partial charge in [0.15, 0.2) is 0 Å². The van der Waals surface area contributed by atoms with E-state index in [-0.39, 0.29) is 6.10 Å². The van der Waals surface area contributed by atoms with Gasteiger partial charge in [-0.1, -0.05) is 37.3 Å². The highest BCUT2D eigenvalue weighted by atomic mass is 16.3. The number of nitrogens with one attached hydrogen (secondary N) is 1. The molecule has 0 amide bonds. The van der Waals surface area contributed by atoms with Crippen molar-refractivity contribution in [3.8, 4) is 0 Å². The molecule has 0 saturated carbocycles. The zero-order valence-electron chi connectivity index (χ0n) is 12.6. The van der Waals surface area contributed by atoms with Crippen LogP contribution in [0.25, 0.3) is 0 Å². The fraction of sp³-hybridized carbons (Fsp3) is 0.647. The largest absolute Gasteiger partial charge is 0.387 e. The van der Waals surface area contributed by atoms with E-state index < -0.39 is 0 Å². The lowest BCUT2D eigenvalue weighted by Crippen LogP contribution is -2.40. The van der Waals surface area contributed by atoms with Crippen molar-refractivity contribution in [2.45, 2.75) is 32.3 Å². The highest BCUT2D eigenvalue weighted by molar-refractivity contribution is 5.17. The monoisotopic (exact) mass is 276 g/mol. The molecule has 1 aliphatic rings. The van der Waals surface area contributed by atoms with Gasteiger partial charge < -0.3 is 15.3 Å². The molecule has 2 unspecified atom stereocenters. The van der Waals surface area contributed by atoms with Crippen molar-refractivity contribution in [3.05, 3.63) is 35.9 Å². The molecule has 2 atom stereocenters. The second-order valence-electron chi connectivity index (χ2n) is 5.90. The van der Waals surface area contributed by atoms with E-state index in [0.29, 0.717) is 0 Å². The number of nitrogens with zero attached hydrogens (tertiary/aromatic N) is 1. The molecular weight excluding hydrogens is 248 g/mol. The molecule has 0 aliphatic carbocycles. The highest BCUT2D eigenvalue weighted by Gasteiger charge is 2.19. The summed E-state index contributed by atoms with van der Waals surface area (Å²) in [5, 5.41) is 13.9. The summed E-state index contributed by atoms with van der Waals surface area (Å²) >= 11 is 0. The number of hydrogen-bond donors (Lipinski definition) is 2. The van der Waals surface area contributed by atoms with E-state index in [9.17, 15) is 5.11 Å². The van der Waals surface area contributed by atoms with Crippen molar-refractivity contribution in [1.29, 1.82) is 0 Å². The number of rotatable bonds is 7. The molecule has 3 nitrogen and oxygen atoms in total. The molecule has 0 bridgehead atoms. The van der Waals surface area contributed by atoms with Gasteiger partial charge in [-0.25, -0.2) is 0 Å². The number of piperidine rings is 1. The molecule has 2 rings (SSSR count). The minimum absolute atomic E-state index is 0.376. The van der Waals surface area contributed by atoms with E-state index >= 15 is 0 Å². The van der Waals surface area contributed by atoms with Crippen LogP contribution in [0.5, 0.6) is 0 Å². The first-order valence-corrected chi connectivity index (χ1v) is 7.95. The van der Waals surface area contributed by atoms with Crippen LogP contribution < -0.4 is 5.32 Å². The van der Waals surface area contributed by atoms with Crippen LogP contribution >= 0.6 is 0 Å². The van der Waals surface area contributed by atoms with Crippen molar-refractivity contribution < 1.29 is 5.11 Å². The maximum absolute atomic E-state index is 10.4. The van der Waals surface area contributed by atoms with Gasteiger partial charge in [0, 0.05) is 13.1 Å². The van der Waals surface area contributed by atoms with Crippen LogP contribution in [0, 0.1) is 5.92 Å². The molecule has 1 fully saturated rings. The number of hydrogen-bond acceptors (Lipinski definition) is 3. The van der Waals surface area contributed by atoms with Crippen LogP contribution in [0.4, 0.5) is 0 Å². The normalized spacial score (nSPS) is 21.1. The summed E-state index contributed by atoms with van der Waals surface area (Å²) in [6.45, 7) is 7.42.